The molecule has 1 saturated heterocycles. The maximum atomic E-state index is 5.51. The molecule has 2 atom stereocenters. The number of fused-ring (bicyclic) bond motifs is 1. The van der Waals surface area contributed by atoms with E-state index in [2.05, 4.69) is 26.8 Å². The Labute approximate surface area is 68.4 Å². The monoisotopic (exact) mass is 152 g/mol. The highest BCUT2D eigenvalue weighted by Gasteiger charge is 2.50. The summed E-state index contributed by atoms with van der Waals surface area (Å²) in [5, 5.41) is 0. The third-order valence-electron chi connectivity index (χ3n) is 2.99. The summed E-state index contributed by atoms with van der Waals surface area (Å²) in [7, 11) is 0. The highest BCUT2D eigenvalue weighted by molar-refractivity contribution is 5.27. The van der Waals surface area contributed by atoms with Crippen molar-refractivity contribution in [3.05, 3.63) is 11.8 Å². The van der Waals surface area contributed by atoms with Gasteiger partial charge in [-0.25, -0.2) is 0 Å². The Hall–Kier alpha value is -0.460. The first-order valence-electron chi connectivity index (χ1n) is 4.53. The molecule has 1 heteroatoms. The lowest BCUT2D eigenvalue weighted by atomic mass is 9.83. The lowest BCUT2D eigenvalue weighted by Crippen LogP contribution is -2.15. The van der Waals surface area contributed by atoms with Crippen LogP contribution in [0.4, 0.5) is 0 Å². The zero-order valence-corrected chi connectivity index (χ0v) is 7.55. The molecule has 1 fully saturated rings. The van der Waals surface area contributed by atoms with E-state index in [0.717, 1.165) is 11.8 Å². The van der Waals surface area contributed by atoms with E-state index in [1.54, 1.807) is 0 Å². The van der Waals surface area contributed by atoms with Gasteiger partial charge in [-0.1, -0.05) is 13.8 Å². The van der Waals surface area contributed by atoms with Crippen LogP contribution in [0.5, 0.6) is 0 Å². The predicted molar refractivity (Wildman–Crippen MR) is 45.1 cm³/mol. The molecule has 0 N–H and O–H groups in total. The fourth-order valence-electron chi connectivity index (χ4n) is 1.85. The molecule has 2 rings (SSSR count). The van der Waals surface area contributed by atoms with Crippen LogP contribution >= 0.6 is 0 Å². The van der Waals surface area contributed by atoms with Gasteiger partial charge in [0, 0.05) is 0 Å². The normalized spacial score (nSPS) is 41.1. The van der Waals surface area contributed by atoms with E-state index in [1.807, 2.05) is 0 Å². The van der Waals surface area contributed by atoms with Crippen LogP contribution in [0.25, 0.3) is 0 Å². The van der Waals surface area contributed by atoms with Crippen LogP contribution in [-0.4, -0.2) is 5.60 Å². The molecule has 0 bridgehead atoms. The maximum Gasteiger partial charge on any atom is 0.162 e. The average molecular weight is 152 g/mol. The molecule has 11 heavy (non-hydrogen) atoms. The Morgan fingerprint density at radius 3 is 2.91 bits per heavy atom. The van der Waals surface area contributed by atoms with E-state index in [4.69, 9.17) is 4.74 Å². The summed E-state index contributed by atoms with van der Waals surface area (Å²) < 4.78 is 5.51. The fourth-order valence-corrected chi connectivity index (χ4v) is 1.85. The third kappa shape index (κ3) is 1.07. The van der Waals surface area contributed by atoms with E-state index in [9.17, 15) is 0 Å². The predicted octanol–water partition coefficient (Wildman–Crippen LogP) is 2.73. The lowest BCUT2D eigenvalue weighted by molar-refractivity contribution is 0.293. The van der Waals surface area contributed by atoms with Crippen molar-refractivity contribution in [2.75, 3.05) is 0 Å². The molecule has 0 spiro atoms. The van der Waals surface area contributed by atoms with E-state index in [1.165, 1.54) is 18.6 Å². The number of hydrogen-bond donors (Lipinski definition) is 0. The number of allylic oxidation sites excluding steroid dienone is 1. The summed E-state index contributed by atoms with van der Waals surface area (Å²) in [6, 6.07) is 0. The van der Waals surface area contributed by atoms with Crippen molar-refractivity contribution in [3.8, 4) is 0 Å². The molecule has 1 unspecified atom stereocenters. The first kappa shape index (κ1) is 7.20. The standard InChI is InChI=1S/C10H16O/c1-7(2)8-4-5-10(3)9(6-8)11-10/h6-8H,4-5H2,1-3H3/t8-,10?/m1/s1. The minimum atomic E-state index is 0.172. The van der Waals surface area contributed by atoms with Crippen molar-refractivity contribution in [1.82, 2.24) is 0 Å². The summed E-state index contributed by atoms with van der Waals surface area (Å²) in [4.78, 5) is 0. The molecule has 1 nitrogen and oxygen atoms in total. The Bertz CT molecular complexity index is 205. The van der Waals surface area contributed by atoms with Gasteiger partial charge in [-0.15, -0.1) is 0 Å². The van der Waals surface area contributed by atoms with Crippen molar-refractivity contribution in [3.63, 3.8) is 0 Å². The first-order valence-corrected chi connectivity index (χ1v) is 4.53. The van der Waals surface area contributed by atoms with Gasteiger partial charge in [-0.2, -0.15) is 0 Å². The van der Waals surface area contributed by atoms with Gasteiger partial charge in [0.2, 0.25) is 0 Å². The minimum Gasteiger partial charge on any atom is -0.480 e. The van der Waals surface area contributed by atoms with E-state index in [0.29, 0.717) is 0 Å². The minimum absolute atomic E-state index is 0.172. The molecule has 1 aliphatic carbocycles. The number of epoxide rings is 1. The van der Waals surface area contributed by atoms with Crippen molar-refractivity contribution in [2.24, 2.45) is 11.8 Å². The molecule has 0 aromatic rings. The highest BCUT2D eigenvalue weighted by atomic mass is 16.6. The summed E-state index contributed by atoms with van der Waals surface area (Å²) in [6.07, 6.45) is 4.85. The lowest BCUT2D eigenvalue weighted by Gasteiger charge is -2.19. The van der Waals surface area contributed by atoms with Gasteiger partial charge in [-0.3, -0.25) is 0 Å². The van der Waals surface area contributed by atoms with Crippen molar-refractivity contribution in [1.29, 1.82) is 0 Å². The molecule has 1 heterocycles. The van der Waals surface area contributed by atoms with Crippen LogP contribution in [0.15, 0.2) is 11.8 Å². The molecule has 2 aliphatic rings. The van der Waals surface area contributed by atoms with E-state index in [-0.39, 0.29) is 5.60 Å². The fraction of sp³-hybridized carbons (Fsp3) is 0.800. The van der Waals surface area contributed by atoms with Gasteiger partial charge in [0.05, 0.1) is 0 Å². The van der Waals surface area contributed by atoms with Crippen LogP contribution in [-0.2, 0) is 4.74 Å². The second-order valence-electron chi connectivity index (χ2n) is 4.31. The molecule has 0 saturated carbocycles. The van der Waals surface area contributed by atoms with Crippen molar-refractivity contribution >= 4 is 0 Å². The van der Waals surface area contributed by atoms with Crippen molar-refractivity contribution < 1.29 is 4.74 Å². The largest absolute Gasteiger partial charge is 0.480 e. The summed E-state index contributed by atoms with van der Waals surface area (Å²) >= 11 is 0. The van der Waals surface area contributed by atoms with E-state index >= 15 is 0 Å². The molecule has 0 amide bonds. The maximum absolute atomic E-state index is 5.51. The molecule has 62 valence electrons. The van der Waals surface area contributed by atoms with Gasteiger partial charge >= 0.3 is 0 Å². The Morgan fingerprint density at radius 2 is 2.36 bits per heavy atom. The Balaban J connectivity index is 2.11. The van der Waals surface area contributed by atoms with Crippen LogP contribution in [0, 0.1) is 11.8 Å². The van der Waals surface area contributed by atoms with Gasteiger partial charge in [-0.05, 0) is 37.7 Å². The SMILES string of the molecule is CC(C)[C@H]1C=C2OC2(C)CC1. The number of hydrogen-bond acceptors (Lipinski definition) is 1. The van der Waals surface area contributed by atoms with Crippen LogP contribution < -0.4 is 0 Å². The summed E-state index contributed by atoms with van der Waals surface area (Å²) in [5.74, 6) is 2.79. The average Bonchev–Trinajstić information content (AvgIpc) is 2.58. The highest BCUT2D eigenvalue weighted by Crippen LogP contribution is 2.50. The number of ether oxygens (including phenoxy) is 1. The van der Waals surface area contributed by atoms with Crippen LogP contribution in [0.1, 0.15) is 33.6 Å². The number of rotatable bonds is 1. The Morgan fingerprint density at radius 1 is 1.64 bits per heavy atom. The quantitative estimate of drug-likeness (QED) is 0.526. The molecule has 0 radical (unpaired) electrons. The second-order valence-corrected chi connectivity index (χ2v) is 4.31. The summed E-state index contributed by atoms with van der Waals surface area (Å²) in [5.41, 5.74) is 0.172. The van der Waals surface area contributed by atoms with Crippen LogP contribution in [0.2, 0.25) is 0 Å². The molecule has 0 aromatic heterocycles. The van der Waals surface area contributed by atoms with Gasteiger partial charge in [0.15, 0.2) is 5.60 Å². The first-order chi connectivity index (χ1) is 5.12. The topological polar surface area (TPSA) is 12.5 Å². The summed E-state index contributed by atoms with van der Waals surface area (Å²) in [6.45, 7) is 6.76. The molecular formula is C10H16O. The second kappa shape index (κ2) is 2.02. The molecule has 1 aliphatic heterocycles. The van der Waals surface area contributed by atoms with Crippen LogP contribution in [0.3, 0.4) is 0 Å². The zero-order valence-electron chi connectivity index (χ0n) is 7.55. The third-order valence-corrected chi connectivity index (χ3v) is 2.99. The van der Waals surface area contributed by atoms with E-state index < -0.39 is 0 Å². The van der Waals surface area contributed by atoms with Crippen molar-refractivity contribution in [2.45, 2.75) is 39.2 Å². The molecular weight excluding hydrogens is 136 g/mol. The molecule has 0 aromatic carbocycles. The van der Waals surface area contributed by atoms with Gasteiger partial charge < -0.3 is 4.74 Å². The Kier molecular flexibility index (Phi) is 1.33. The van der Waals surface area contributed by atoms with Gasteiger partial charge in [0.1, 0.15) is 5.76 Å². The van der Waals surface area contributed by atoms with Gasteiger partial charge in [0.25, 0.3) is 0 Å². The smallest absolute Gasteiger partial charge is 0.162 e. The zero-order chi connectivity index (χ0) is 8.06.